The third-order valence-electron chi connectivity index (χ3n) is 4.49. The van der Waals surface area contributed by atoms with Crippen molar-refractivity contribution in [2.75, 3.05) is 13.2 Å². The predicted octanol–water partition coefficient (Wildman–Crippen LogP) is 2.22. The Balaban J connectivity index is 1.70. The number of carbonyl (C=O) groups excluding carboxylic acids is 1. The molecule has 1 saturated carbocycles. The molecule has 0 saturated heterocycles. The summed E-state index contributed by atoms with van der Waals surface area (Å²) in [6.45, 7) is 1.04. The summed E-state index contributed by atoms with van der Waals surface area (Å²) in [6.07, 6.45) is 6.57. The SMILES string of the molecule is O=C(C1CC2C=CC1C2)N(CCO)Cc1ccccc1. The molecule has 0 spiro atoms. The lowest BCUT2D eigenvalue weighted by atomic mass is 9.92. The molecule has 3 atom stereocenters. The Bertz CT molecular complexity index is 497. The van der Waals surface area contributed by atoms with Crippen LogP contribution in [0.25, 0.3) is 0 Å². The van der Waals surface area contributed by atoms with Crippen molar-refractivity contribution < 1.29 is 9.90 Å². The number of benzene rings is 1. The highest BCUT2D eigenvalue weighted by molar-refractivity contribution is 5.80. The Hall–Kier alpha value is -1.61. The second-order valence-electron chi connectivity index (χ2n) is 5.86. The minimum absolute atomic E-state index is 0.0230. The number of allylic oxidation sites excluding steroid dienone is 2. The van der Waals surface area contributed by atoms with E-state index in [4.69, 9.17) is 0 Å². The Labute approximate surface area is 119 Å². The van der Waals surface area contributed by atoms with Gasteiger partial charge in [-0.3, -0.25) is 4.79 Å². The van der Waals surface area contributed by atoms with Crippen LogP contribution in [0.5, 0.6) is 0 Å². The maximum Gasteiger partial charge on any atom is 0.226 e. The average molecular weight is 271 g/mol. The molecule has 0 aromatic heterocycles. The minimum Gasteiger partial charge on any atom is -0.395 e. The van der Waals surface area contributed by atoms with E-state index in [1.165, 1.54) is 0 Å². The molecule has 1 aromatic rings. The van der Waals surface area contributed by atoms with Gasteiger partial charge in [-0.15, -0.1) is 0 Å². The van der Waals surface area contributed by atoms with Gasteiger partial charge in [-0.05, 0) is 30.2 Å². The number of hydrogen-bond donors (Lipinski definition) is 1. The summed E-state index contributed by atoms with van der Waals surface area (Å²) in [7, 11) is 0. The maximum atomic E-state index is 12.7. The van der Waals surface area contributed by atoms with Gasteiger partial charge >= 0.3 is 0 Å². The van der Waals surface area contributed by atoms with Gasteiger partial charge in [0.15, 0.2) is 0 Å². The molecule has 0 aliphatic heterocycles. The van der Waals surface area contributed by atoms with Crippen LogP contribution in [-0.4, -0.2) is 29.1 Å². The van der Waals surface area contributed by atoms with Crippen LogP contribution < -0.4 is 0 Å². The van der Waals surface area contributed by atoms with Gasteiger partial charge in [0.25, 0.3) is 0 Å². The van der Waals surface area contributed by atoms with Gasteiger partial charge in [0.1, 0.15) is 0 Å². The van der Waals surface area contributed by atoms with Gasteiger partial charge in [0, 0.05) is 19.0 Å². The summed E-state index contributed by atoms with van der Waals surface area (Å²) in [6, 6.07) is 9.99. The van der Waals surface area contributed by atoms with Gasteiger partial charge < -0.3 is 10.0 Å². The summed E-state index contributed by atoms with van der Waals surface area (Å²) in [5, 5.41) is 9.23. The normalized spacial score (nSPS) is 26.9. The molecule has 2 aliphatic carbocycles. The highest BCUT2D eigenvalue weighted by atomic mass is 16.3. The van der Waals surface area contributed by atoms with E-state index < -0.39 is 0 Å². The fraction of sp³-hybridized carbons (Fsp3) is 0.471. The van der Waals surface area contributed by atoms with E-state index in [2.05, 4.69) is 12.2 Å². The highest BCUT2D eigenvalue weighted by Gasteiger charge is 2.41. The first-order valence-electron chi connectivity index (χ1n) is 7.40. The van der Waals surface area contributed by atoms with Crippen LogP contribution in [0.2, 0.25) is 0 Å². The van der Waals surface area contributed by atoms with Gasteiger partial charge in [-0.2, -0.15) is 0 Å². The van der Waals surface area contributed by atoms with Crippen LogP contribution in [0.1, 0.15) is 18.4 Å². The van der Waals surface area contributed by atoms with Crippen molar-refractivity contribution >= 4 is 5.91 Å². The van der Waals surface area contributed by atoms with Crippen molar-refractivity contribution in [1.29, 1.82) is 0 Å². The number of nitrogens with zero attached hydrogens (tertiary/aromatic N) is 1. The zero-order chi connectivity index (χ0) is 13.9. The quantitative estimate of drug-likeness (QED) is 0.834. The molecule has 1 fully saturated rings. The predicted molar refractivity (Wildman–Crippen MR) is 77.8 cm³/mol. The number of aliphatic hydroxyl groups is 1. The van der Waals surface area contributed by atoms with E-state index in [0.717, 1.165) is 18.4 Å². The smallest absolute Gasteiger partial charge is 0.226 e. The van der Waals surface area contributed by atoms with Crippen molar-refractivity contribution in [3.8, 4) is 0 Å². The molecule has 1 aromatic carbocycles. The number of fused-ring (bicyclic) bond motifs is 2. The van der Waals surface area contributed by atoms with Crippen molar-refractivity contribution in [2.24, 2.45) is 17.8 Å². The van der Waals surface area contributed by atoms with Crippen LogP contribution >= 0.6 is 0 Å². The van der Waals surface area contributed by atoms with Crippen molar-refractivity contribution in [1.82, 2.24) is 4.90 Å². The highest BCUT2D eigenvalue weighted by Crippen LogP contribution is 2.44. The Morgan fingerprint density at radius 2 is 2.00 bits per heavy atom. The third kappa shape index (κ3) is 2.63. The zero-order valence-corrected chi connectivity index (χ0v) is 11.6. The molecule has 106 valence electrons. The number of carbonyl (C=O) groups is 1. The fourth-order valence-electron chi connectivity index (χ4n) is 3.49. The van der Waals surface area contributed by atoms with Gasteiger partial charge in [-0.25, -0.2) is 0 Å². The summed E-state index contributed by atoms with van der Waals surface area (Å²) in [5.74, 6) is 1.35. The van der Waals surface area contributed by atoms with Crippen LogP contribution in [0.15, 0.2) is 42.5 Å². The Kier molecular flexibility index (Phi) is 3.88. The minimum atomic E-state index is 0.0230. The molecule has 0 radical (unpaired) electrons. The van der Waals surface area contributed by atoms with E-state index in [1.807, 2.05) is 35.2 Å². The van der Waals surface area contributed by atoms with Gasteiger partial charge in [0.05, 0.1) is 6.61 Å². The molecule has 3 rings (SSSR count). The lowest BCUT2D eigenvalue weighted by Gasteiger charge is -2.28. The Morgan fingerprint density at radius 1 is 1.20 bits per heavy atom. The molecule has 20 heavy (non-hydrogen) atoms. The second kappa shape index (κ2) is 5.80. The Morgan fingerprint density at radius 3 is 2.60 bits per heavy atom. The van der Waals surface area contributed by atoms with E-state index in [0.29, 0.717) is 24.9 Å². The monoisotopic (exact) mass is 271 g/mol. The van der Waals surface area contributed by atoms with E-state index in [9.17, 15) is 9.90 Å². The standard InChI is InChI=1S/C17H21NO2/c19-9-8-18(12-13-4-2-1-3-5-13)17(20)16-11-14-6-7-15(16)10-14/h1-7,14-16,19H,8-12H2. The summed E-state index contributed by atoms with van der Waals surface area (Å²) in [4.78, 5) is 14.5. The van der Waals surface area contributed by atoms with Crippen LogP contribution in [0.4, 0.5) is 0 Å². The number of amides is 1. The topological polar surface area (TPSA) is 40.5 Å². The van der Waals surface area contributed by atoms with Crippen LogP contribution in [0, 0.1) is 17.8 Å². The maximum absolute atomic E-state index is 12.7. The molecule has 3 unspecified atom stereocenters. The molecule has 3 nitrogen and oxygen atoms in total. The number of aliphatic hydroxyl groups excluding tert-OH is 1. The zero-order valence-electron chi connectivity index (χ0n) is 11.6. The summed E-state index contributed by atoms with van der Waals surface area (Å²) >= 11 is 0. The molecule has 0 heterocycles. The lowest BCUT2D eigenvalue weighted by molar-refractivity contribution is -0.137. The fourth-order valence-corrected chi connectivity index (χ4v) is 3.49. The third-order valence-corrected chi connectivity index (χ3v) is 4.49. The number of rotatable bonds is 5. The van der Waals surface area contributed by atoms with Crippen LogP contribution in [-0.2, 0) is 11.3 Å². The first kappa shape index (κ1) is 13.4. The molecule has 2 bridgehead atoms. The van der Waals surface area contributed by atoms with Crippen molar-refractivity contribution in [2.45, 2.75) is 19.4 Å². The molecule has 3 heteroatoms. The van der Waals surface area contributed by atoms with E-state index in [1.54, 1.807) is 0 Å². The molecule has 1 N–H and O–H groups in total. The number of hydrogen-bond acceptors (Lipinski definition) is 2. The molecular weight excluding hydrogens is 250 g/mol. The van der Waals surface area contributed by atoms with Crippen molar-refractivity contribution in [3.63, 3.8) is 0 Å². The van der Waals surface area contributed by atoms with Gasteiger partial charge in [0.2, 0.25) is 5.91 Å². The second-order valence-corrected chi connectivity index (χ2v) is 5.86. The van der Waals surface area contributed by atoms with E-state index in [-0.39, 0.29) is 18.4 Å². The van der Waals surface area contributed by atoms with Crippen LogP contribution in [0.3, 0.4) is 0 Å². The molecule has 2 aliphatic rings. The largest absolute Gasteiger partial charge is 0.395 e. The van der Waals surface area contributed by atoms with Gasteiger partial charge in [-0.1, -0.05) is 42.5 Å². The molecule has 1 amide bonds. The first-order chi connectivity index (χ1) is 9.78. The van der Waals surface area contributed by atoms with E-state index >= 15 is 0 Å². The average Bonchev–Trinajstić information content (AvgIpc) is 3.10. The summed E-state index contributed by atoms with van der Waals surface area (Å²) in [5.41, 5.74) is 1.12. The lowest BCUT2D eigenvalue weighted by Crippen LogP contribution is -2.39. The summed E-state index contributed by atoms with van der Waals surface area (Å²) < 4.78 is 0. The van der Waals surface area contributed by atoms with Crippen molar-refractivity contribution in [3.05, 3.63) is 48.0 Å². The molecular formula is C17H21NO2. The first-order valence-corrected chi connectivity index (χ1v) is 7.40.